The fraction of sp³-hybridized carbons (Fsp3) is 0.125. The van der Waals surface area contributed by atoms with Gasteiger partial charge in [-0.15, -0.1) is 0 Å². The zero-order valence-electron chi connectivity index (χ0n) is 11.1. The number of ketones is 1. The van der Waals surface area contributed by atoms with Crippen molar-refractivity contribution in [2.45, 2.75) is 5.92 Å². The highest BCUT2D eigenvalue weighted by Crippen LogP contribution is 2.30. The van der Waals surface area contributed by atoms with E-state index in [4.69, 9.17) is 4.74 Å². The molecular formula is C16H11BrINO2. The molecule has 0 aliphatic carbocycles. The van der Waals surface area contributed by atoms with Gasteiger partial charge in [0.2, 0.25) is 0 Å². The van der Waals surface area contributed by atoms with Crippen molar-refractivity contribution < 1.29 is 9.53 Å². The summed E-state index contributed by atoms with van der Waals surface area (Å²) >= 11 is 5.45. The van der Waals surface area contributed by atoms with Crippen LogP contribution in [0.4, 0.5) is 0 Å². The van der Waals surface area contributed by atoms with Gasteiger partial charge in [-0.3, -0.25) is 4.79 Å². The molecule has 0 bridgehead atoms. The lowest BCUT2D eigenvalue weighted by Crippen LogP contribution is -2.13. The van der Waals surface area contributed by atoms with Crippen molar-refractivity contribution in [3.8, 4) is 11.8 Å². The van der Waals surface area contributed by atoms with Crippen LogP contribution in [-0.4, -0.2) is 12.9 Å². The number of benzene rings is 2. The van der Waals surface area contributed by atoms with E-state index in [1.54, 1.807) is 24.3 Å². The number of halogens is 2. The Kier molecular flexibility index (Phi) is 5.37. The largest absolute Gasteiger partial charge is 0.496 e. The Balaban J connectivity index is 2.49. The van der Waals surface area contributed by atoms with Gasteiger partial charge in [-0.05, 0) is 46.9 Å². The number of carbonyl (C=O) groups excluding carboxylic acids is 1. The molecule has 0 N–H and O–H groups in total. The Labute approximate surface area is 145 Å². The quantitative estimate of drug-likeness (QED) is 0.501. The van der Waals surface area contributed by atoms with E-state index < -0.39 is 5.92 Å². The lowest BCUT2D eigenvalue weighted by molar-refractivity contribution is 0.0977. The minimum atomic E-state index is -0.885. The Morgan fingerprint density at radius 3 is 2.71 bits per heavy atom. The highest BCUT2D eigenvalue weighted by atomic mass is 127. The van der Waals surface area contributed by atoms with Crippen molar-refractivity contribution >= 4 is 44.3 Å². The molecule has 0 radical (unpaired) electrons. The van der Waals surface area contributed by atoms with Gasteiger partial charge in [-0.1, -0.05) is 34.1 Å². The number of hydrogen-bond donors (Lipinski definition) is 0. The molecule has 0 saturated heterocycles. The van der Waals surface area contributed by atoms with E-state index in [1.165, 1.54) is 7.11 Å². The fourth-order valence-electron chi connectivity index (χ4n) is 2.02. The molecule has 0 amide bonds. The topological polar surface area (TPSA) is 50.1 Å². The molecule has 21 heavy (non-hydrogen) atoms. The van der Waals surface area contributed by atoms with Crippen LogP contribution in [0.5, 0.6) is 5.75 Å². The summed E-state index contributed by atoms with van der Waals surface area (Å²) in [5.41, 5.74) is 1.12. The summed E-state index contributed by atoms with van der Waals surface area (Å²) in [5.74, 6) is -0.570. The van der Waals surface area contributed by atoms with Gasteiger partial charge in [0.05, 0.1) is 13.2 Å². The van der Waals surface area contributed by atoms with Crippen LogP contribution in [0.3, 0.4) is 0 Å². The van der Waals surface area contributed by atoms with Gasteiger partial charge in [0, 0.05) is 19.2 Å². The highest BCUT2D eigenvalue weighted by molar-refractivity contribution is 14.1. The number of nitriles is 1. The minimum absolute atomic E-state index is 0.229. The van der Waals surface area contributed by atoms with Gasteiger partial charge in [0.25, 0.3) is 0 Å². The van der Waals surface area contributed by atoms with Crippen LogP contribution in [0.1, 0.15) is 21.8 Å². The van der Waals surface area contributed by atoms with E-state index in [0.29, 0.717) is 16.9 Å². The fourth-order valence-corrected chi connectivity index (χ4v) is 2.98. The summed E-state index contributed by atoms with van der Waals surface area (Å²) in [6.45, 7) is 0. The lowest BCUT2D eigenvalue weighted by Gasteiger charge is -2.13. The zero-order valence-corrected chi connectivity index (χ0v) is 14.9. The van der Waals surface area contributed by atoms with E-state index in [1.807, 2.05) is 18.2 Å². The van der Waals surface area contributed by atoms with Crippen LogP contribution >= 0.6 is 38.5 Å². The number of methoxy groups -OCH3 is 1. The smallest absolute Gasteiger partial charge is 0.185 e. The SMILES string of the molecule is COc1ccccc1C(C#N)C(=O)c1cc(Br)ccc1I. The monoisotopic (exact) mass is 455 g/mol. The van der Waals surface area contributed by atoms with E-state index in [2.05, 4.69) is 44.6 Å². The molecule has 1 unspecified atom stereocenters. The number of hydrogen-bond acceptors (Lipinski definition) is 3. The number of Topliss-reactive ketones (excluding diaryl/α,β-unsaturated/α-hetero) is 1. The molecule has 0 saturated carbocycles. The molecule has 0 aliphatic heterocycles. The summed E-state index contributed by atoms with van der Waals surface area (Å²) in [5, 5.41) is 9.45. The first kappa shape index (κ1) is 16.0. The summed E-state index contributed by atoms with van der Waals surface area (Å²) in [6, 6.07) is 14.6. The van der Waals surface area contributed by atoms with Crippen LogP contribution < -0.4 is 4.74 Å². The van der Waals surface area contributed by atoms with Crippen molar-refractivity contribution in [3.63, 3.8) is 0 Å². The number of rotatable bonds is 4. The predicted octanol–water partition coefficient (Wildman–Crippen LogP) is 4.55. The maximum absolute atomic E-state index is 12.7. The van der Waals surface area contributed by atoms with E-state index >= 15 is 0 Å². The molecule has 0 fully saturated rings. The molecule has 2 rings (SSSR count). The first-order valence-corrected chi connectivity index (χ1v) is 7.97. The molecule has 106 valence electrons. The summed E-state index contributed by atoms with van der Waals surface area (Å²) in [4.78, 5) is 12.7. The molecule has 0 heterocycles. The standard InChI is InChI=1S/C16H11BrINO2/c1-21-15-5-3-2-4-11(15)13(9-19)16(20)12-8-10(17)6-7-14(12)18/h2-8,13H,1H3. The van der Waals surface area contributed by atoms with Gasteiger partial charge in [0.1, 0.15) is 11.7 Å². The first-order chi connectivity index (χ1) is 10.1. The van der Waals surface area contributed by atoms with Crippen molar-refractivity contribution in [3.05, 3.63) is 61.6 Å². The second-order valence-electron chi connectivity index (χ2n) is 4.29. The molecule has 5 heteroatoms. The molecule has 1 atom stereocenters. The summed E-state index contributed by atoms with van der Waals surface area (Å²) in [7, 11) is 1.53. The zero-order chi connectivity index (χ0) is 15.4. The average molecular weight is 456 g/mol. The minimum Gasteiger partial charge on any atom is -0.496 e. The number of para-hydroxylation sites is 1. The van der Waals surface area contributed by atoms with Crippen LogP contribution in [0.15, 0.2) is 46.9 Å². The van der Waals surface area contributed by atoms with E-state index in [-0.39, 0.29) is 5.78 Å². The van der Waals surface area contributed by atoms with E-state index in [0.717, 1.165) is 8.04 Å². The van der Waals surface area contributed by atoms with Crippen LogP contribution in [0.2, 0.25) is 0 Å². The van der Waals surface area contributed by atoms with Crippen molar-refractivity contribution in [1.29, 1.82) is 5.26 Å². The van der Waals surface area contributed by atoms with Crippen molar-refractivity contribution in [1.82, 2.24) is 0 Å². The third-order valence-electron chi connectivity index (χ3n) is 3.04. The van der Waals surface area contributed by atoms with E-state index in [9.17, 15) is 10.1 Å². The Bertz CT molecular complexity index is 724. The molecular weight excluding hydrogens is 445 g/mol. The Morgan fingerprint density at radius 2 is 2.05 bits per heavy atom. The van der Waals surface area contributed by atoms with Gasteiger partial charge >= 0.3 is 0 Å². The molecule has 0 spiro atoms. The molecule has 2 aromatic rings. The summed E-state index contributed by atoms with van der Waals surface area (Å²) in [6.07, 6.45) is 0. The molecule has 2 aromatic carbocycles. The second kappa shape index (κ2) is 7.05. The predicted molar refractivity (Wildman–Crippen MR) is 92.5 cm³/mol. The second-order valence-corrected chi connectivity index (χ2v) is 6.37. The molecule has 3 nitrogen and oxygen atoms in total. The van der Waals surface area contributed by atoms with Crippen LogP contribution in [0, 0.1) is 14.9 Å². The third kappa shape index (κ3) is 3.44. The maximum Gasteiger partial charge on any atom is 0.185 e. The number of nitrogens with zero attached hydrogens (tertiary/aromatic N) is 1. The lowest BCUT2D eigenvalue weighted by atomic mass is 9.91. The maximum atomic E-state index is 12.7. The third-order valence-corrected chi connectivity index (χ3v) is 4.47. The molecule has 0 aliphatic rings. The average Bonchev–Trinajstić information content (AvgIpc) is 2.50. The van der Waals surface area contributed by atoms with Crippen molar-refractivity contribution in [2.75, 3.05) is 7.11 Å². The first-order valence-electron chi connectivity index (χ1n) is 6.10. The van der Waals surface area contributed by atoms with Crippen LogP contribution in [0.25, 0.3) is 0 Å². The Hall–Kier alpha value is -1.39. The number of carbonyl (C=O) groups is 1. The van der Waals surface area contributed by atoms with Gasteiger partial charge in [-0.25, -0.2) is 0 Å². The molecule has 0 aromatic heterocycles. The van der Waals surface area contributed by atoms with Gasteiger partial charge in [-0.2, -0.15) is 5.26 Å². The highest BCUT2D eigenvalue weighted by Gasteiger charge is 2.26. The van der Waals surface area contributed by atoms with Crippen LogP contribution in [-0.2, 0) is 0 Å². The Morgan fingerprint density at radius 1 is 1.33 bits per heavy atom. The normalized spacial score (nSPS) is 11.5. The summed E-state index contributed by atoms with van der Waals surface area (Å²) < 4.78 is 6.88. The number of ether oxygens (including phenoxy) is 1. The van der Waals surface area contributed by atoms with Crippen molar-refractivity contribution in [2.24, 2.45) is 0 Å². The van der Waals surface area contributed by atoms with Gasteiger partial charge < -0.3 is 4.74 Å². The van der Waals surface area contributed by atoms with Gasteiger partial charge in [0.15, 0.2) is 5.78 Å².